The predicted octanol–water partition coefficient (Wildman–Crippen LogP) is 4.74. The average molecular weight is 1290 g/mol. The first-order valence-electron chi connectivity index (χ1n) is 30.6. The number of alkyl halides is 3. The van der Waals surface area contributed by atoms with Gasteiger partial charge in [0.2, 0.25) is 65.0 Å². The van der Waals surface area contributed by atoms with Gasteiger partial charge in [0.25, 0.3) is 0 Å². The summed E-state index contributed by atoms with van der Waals surface area (Å²) in [5.74, 6) is -8.87. The van der Waals surface area contributed by atoms with Gasteiger partial charge < -0.3 is 55.1 Å². The Morgan fingerprint density at radius 1 is 0.533 bits per heavy atom. The molecule has 11 amide bonds. The van der Waals surface area contributed by atoms with Crippen LogP contribution >= 0.6 is 11.6 Å². The molecule has 1 heterocycles. The summed E-state index contributed by atoms with van der Waals surface area (Å²) in [7, 11) is 11.0. The number of aryl methyl sites for hydroxylation is 1. The van der Waals surface area contributed by atoms with E-state index in [2.05, 4.69) is 16.0 Å². The Kier molecular flexibility index (Phi) is 29.2. The fraction of sp³-hybridized carbons (Fsp3) is 0.641. The Bertz CT molecular complexity index is 2840. The van der Waals surface area contributed by atoms with E-state index >= 15 is 9.59 Å². The van der Waals surface area contributed by atoms with E-state index in [0.29, 0.717) is 22.6 Å². The van der Waals surface area contributed by atoms with Crippen molar-refractivity contribution in [3.8, 4) is 0 Å². The van der Waals surface area contributed by atoms with Crippen LogP contribution in [0.2, 0.25) is 5.02 Å². The lowest BCUT2D eigenvalue weighted by molar-refractivity contribution is -0.154. The zero-order chi connectivity index (χ0) is 68.6. The third-order valence-electron chi connectivity index (χ3n) is 16.7. The number of rotatable bonds is 12. The fourth-order valence-electron chi connectivity index (χ4n) is 10.6. The van der Waals surface area contributed by atoms with Crippen LogP contribution in [0.25, 0.3) is 0 Å². The maximum Gasteiger partial charge on any atom is 0.416 e. The van der Waals surface area contributed by atoms with Gasteiger partial charge in [-0.25, -0.2) is 0 Å². The van der Waals surface area contributed by atoms with Gasteiger partial charge in [-0.05, 0) is 98.6 Å². The van der Waals surface area contributed by atoms with E-state index < -0.39 is 157 Å². The molecule has 1 unspecified atom stereocenters. The van der Waals surface area contributed by atoms with Gasteiger partial charge in [-0.2, -0.15) is 13.2 Å². The summed E-state index contributed by atoms with van der Waals surface area (Å²) in [6.07, 6.45) is -4.59. The number of hydrogen-bond acceptors (Lipinski definition) is 11. The van der Waals surface area contributed by atoms with E-state index in [1.807, 2.05) is 34.6 Å². The van der Waals surface area contributed by atoms with Crippen LogP contribution in [0.3, 0.4) is 0 Å². The number of nitrogens with one attached hydrogen (secondary N) is 3. The number of hydrogen-bond donors (Lipinski definition) is 3. The molecule has 2 aromatic carbocycles. The second-order valence-electron chi connectivity index (χ2n) is 25.3. The van der Waals surface area contributed by atoms with Crippen LogP contribution in [0.4, 0.5) is 13.2 Å². The number of carbonyl (C=O) groups is 11. The zero-order valence-corrected chi connectivity index (χ0v) is 56.5. The third kappa shape index (κ3) is 21.7. The highest BCUT2D eigenvalue weighted by Crippen LogP contribution is 2.30. The SMILES string of the molecule is CCC(C)[C@@H]1NC(=O)[C@H](C)N(C)C(=O)C[C@@H](C)NC(=O)[C@H](CC(C)C)N(C)C(=O)[C@H](C(C)C)N(C)C(=O)[C@H](CC(C)C)N(C)C(=O)[C@H](CCc2ccc(C(F)(F)F)cc2)NC(=O)CN(C)C(=O)[C@H](Cc2ccc(Cl)cc2)N(C)C(=O)CN(C)C(=O)CN(C)C1=O. The molecule has 0 aromatic heterocycles. The Morgan fingerprint density at radius 3 is 1.59 bits per heavy atom. The van der Waals surface area contributed by atoms with Crippen molar-refractivity contribution in [2.75, 3.05) is 76.0 Å². The van der Waals surface area contributed by atoms with Gasteiger partial charge in [0.15, 0.2) is 0 Å². The lowest BCUT2D eigenvalue weighted by atomic mass is 9.95. The number of likely N-dealkylation sites (N-methyl/N-ethyl adjacent to an activating group) is 8. The minimum Gasteiger partial charge on any atom is -0.351 e. The van der Waals surface area contributed by atoms with Gasteiger partial charge >= 0.3 is 6.18 Å². The highest BCUT2D eigenvalue weighted by Gasteiger charge is 2.43. The molecule has 0 spiro atoms. The van der Waals surface area contributed by atoms with Gasteiger partial charge in [-0.1, -0.05) is 97.7 Å². The molecule has 1 aliphatic heterocycles. The van der Waals surface area contributed by atoms with Crippen molar-refractivity contribution in [1.29, 1.82) is 0 Å². The Labute approximate surface area is 534 Å². The van der Waals surface area contributed by atoms with Gasteiger partial charge in [-0.15, -0.1) is 0 Å². The van der Waals surface area contributed by atoms with Gasteiger partial charge in [0.05, 0.1) is 25.2 Å². The van der Waals surface area contributed by atoms with Crippen LogP contribution in [-0.4, -0.2) is 229 Å². The minimum atomic E-state index is -4.63. The minimum absolute atomic E-state index is 0.0384. The van der Waals surface area contributed by atoms with Crippen LogP contribution in [0.15, 0.2) is 48.5 Å². The van der Waals surface area contributed by atoms with Gasteiger partial charge in [0, 0.05) is 80.3 Å². The van der Waals surface area contributed by atoms with E-state index in [1.165, 1.54) is 90.1 Å². The molecule has 3 rings (SSSR count). The molecule has 90 heavy (non-hydrogen) atoms. The molecule has 2 aromatic rings. The van der Waals surface area contributed by atoms with Gasteiger partial charge in [-0.3, -0.25) is 52.7 Å². The quantitative estimate of drug-likeness (QED) is 0.262. The monoisotopic (exact) mass is 1290 g/mol. The van der Waals surface area contributed by atoms with Crippen LogP contribution < -0.4 is 16.0 Å². The fourth-order valence-corrected chi connectivity index (χ4v) is 10.7. The molecule has 1 aliphatic rings. The highest BCUT2D eigenvalue weighted by atomic mass is 35.5. The van der Waals surface area contributed by atoms with E-state index in [4.69, 9.17) is 11.6 Å². The van der Waals surface area contributed by atoms with E-state index in [9.17, 15) is 56.3 Å². The maximum absolute atomic E-state index is 15.1. The number of nitrogens with zero attached hydrogens (tertiary/aromatic N) is 8. The molecule has 0 saturated carbocycles. The summed E-state index contributed by atoms with van der Waals surface area (Å²) in [5.41, 5.74) is 0.0409. The number of amides is 11. The molecule has 0 aliphatic carbocycles. The van der Waals surface area contributed by atoms with Crippen molar-refractivity contribution >= 4 is 76.6 Å². The topological polar surface area (TPSA) is 250 Å². The third-order valence-corrected chi connectivity index (χ3v) is 16.9. The van der Waals surface area contributed by atoms with E-state index in [1.54, 1.807) is 52.0 Å². The number of carbonyl (C=O) groups excluding carboxylic acids is 11. The second kappa shape index (κ2) is 34.2. The summed E-state index contributed by atoms with van der Waals surface area (Å²) >= 11 is 6.20. The first kappa shape index (κ1) is 76.9. The highest BCUT2D eigenvalue weighted by molar-refractivity contribution is 6.30. The zero-order valence-electron chi connectivity index (χ0n) is 55.7. The molecule has 1 fully saturated rings. The second-order valence-corrected chi connectivity index (χ2v) is 25.8. The summed E-state index contributed by atoms with van der Waals surface area (Å²) < 4.78 is 40.9. The number of benzene rings is 2. The van der Waals surface area contributed by atoms with Crippen molar-refractivity contribution in [2.45, 2.75) is 169 Å². The maximum atomic E-state index is 15.1. The lowest BCUT2D eigenvalue weighted by Gasteiger charge is -2.40. The summed E-state index contributed by atoms with van der Waals surface area (Å²) in [4.78, 5) is 168. The van der Waals surface area contributed by atoms with Crippen molar-refractivity contribution in [3.63, 3.8) is 0 Å². The van der Waals surface area contributed by atoms with Crippen LogP contribution in [-0.2, 0) is 71.8 Å². The van der Waals surface area contributed by atoms with Crippen LogP contribution in [0.1, 0.15) is 118 Å². The molecule has 22 nitrogen and oxygen atoms in total. The van der Waals surface area contributed by atoms with Crippen LogP contribution in [0.5, 0.6) is 0 Å². The molecular weight excluding hydrogens is 1190 g/mol. The van der Waals surface area contributed by atoms with E-state index in [-0.39, 0.29) is 50.4 Å². The first-order valence-corrected chi connectivity index (χ1v) is 31.0. The standard InChI is InChI=1S/C64H97ClF3N11O11/c1-19-40(8)55-62(89)74(13)35-53(82)72(11)36-54(83)76(15)50(33-44-22-27-46(65)28-23-44)60(87)73(12)34-51(80)70-47(29-24-43-20-25-45(26-21-43)64(66,67)68)59(86)78(17)49(31-38(4)5)61(88)79(18)56(39(6)7)63(90)77(16)48(30-37(2)3)58(85)69-41(9)32-52(81)75(14)42(10)57(84)71-55/h20-23,25-28,37-42,47-50,55-56H,19,24,29-36H2,1-18H3,(H,69,85)(H,70,80)(H,71,84)/t40?,41-,42+,47+,48+,49+,50+,55+,56+/m1/s1. The molecule has 502 valence electrons. The molecule has 3 N–H and O–H groups in total. The van der Waals surface area contributed by atoms with Crippen molar-refractivity contribution in [2.24, 2.45) is 23.7 Å². The van der Waals surface area contributed by atoms with Gasteiger partial charge in [0.1, 0.15) is 42.3 Å². The van der Waals surface area contributed by atoms with Crippen molar-refractivity contribution in [3.05, 3.63) is 70.2 Å². The Hall–Kier alpha value is -7.31. The van der Waals surface area contributed by atoms with E-state index in [0.717, 1.165) is 36.6 Å². The Balaban J connectivity index is 2.24. The van der Waals surface area contributed by atoms with Crippen molar-refractivity contribution < 1.29 is 65.9 Å². The average Bonchev–Trinajstić information content (AvgIpc) is 0.859. The molecule has 9 atom stereocenters. The summed E-state index contributed by atoms with van der Waals surface area (Å²) in [6, 6.07) is 1.30. The summed E-state index contributed by atoms with van der Waals surface area (Å²) in [5, 5.41) is 8.72. The molecule has 1 saturated heterocycles. The molecule has 0 bridgehead atoms. The molecule has 26 heteroatoms. The molecular formula is C64H97ClF3N11O11. The predicted molar refractivity (Wildman–Crippen MR) is 336 cm³/mol. The van der Waals surface area contributed by atoms with Crippen LogP contribution in [0, 0.1) is 23.7 Å². The largest absolute Gasteiger partial charge is 0.416 e. The van der Waals surface area contributed by atoms with Crippen molar-refractivity contribution in [1.82, 2.24) is 55.1 Å². The first-order chi connectivity index (χ1) is 41.7. The Morgan fingerprint density at radius 2 is 1.06 bits per heavy atom. The smallest absolute Gasteiger partial charge is 0.351 e. The lowest BCUT2D eigenvalue weighted by Crippen LogP contribution is -2.61. The normalized spacial score (nSPS) is 24.1. The number of halogens is 4. The summed E-state index contributed by atoms with van der Waals surface area (Å²) in [6.45, 7) is 15.6. The molecule has 0 radical (unpaired) electrons.